The molecule has 0 spiro atoms. The Morgan fingerprint density at radius 3 is 1.81 bits per heavy atom. The average molecular weight is 1100 g/mol. The number of aromatic nitrogens is 5. The summed E-state index contributed by atoms with van der Waals surface area (Å²) in [5.74, 6) is -6.19. The van der Waals surface area contributed by atoms with E-state index in [4.69, 9.17) is 9.84 Å². The SMILES string of the molecule is O=C(O)CCC(NC(=O)NC(CCCCNC(=O)CCCCCN(Cc1ccc(OCc2cn(CCCNC(=O)CN3CCN(CC(=O)O)CCN(CC(=O)O)CC3)nn2)cc1)Cc1nccn1CC(=O)O)C(=O)O)C(=O)O. The average Bonchev–Trinajstić information content (AvgIpc) is 4.04. The monoisotopic (exact) mass is 1100 g/mol. The first-order valence-electron chi connectivity index (χ1n) is 25.7. The zero-order valence-corrected chi connectivity index (χ0v) is 43.6. The van der Waals surface area contributed by atoms with Crippen LogP contribution in [0.4, 0.5) is 4.79 Å². The van der Waals surface area contributed by atoms with E-state index in [2.05, 4.69) is 41.5 Å². The maximum atomic E-state index is 12.8. The highest BCUT2D eigenvalue weighted by molar-refractivity contribution is 5.86. The number of ether oxygens (including phenoxy) is 1. The Morgan fingerprint density at radius 1 is 0.615 bits per heavy atom. The molecule has 1 aromatic carbocycles. The van der Waals surface area contributed by atoms with Crippen LogP contribution in [0.1, 0.15) is 81.3 Å². The molecule has 4 amide bonds. The van der Waals surface area contributed by atoms with Crippen molar-refractivity contribution in [3.05, 3.63) is 59.9 Å². The molecule has 78 heavy (non-hydrogen) atoms. The minimum Gasteiger partial charge on any atom is -0.487 e. The van der Waals surface area contributed by atoms with Crippen molar-refractivity contribution in [2.45, 2.75) is 109 Å². The molecule has 1 aliphatic heterocycles. The van der Waals surface area contributed by atoms with Crippen molar-refractivity contribution < 1.29 is 78.5 Å². The fraction of sp³-hybridized carbons (Fsp3) is 0.592. The first-order valence-corrected chi connectivity index (χ1v) is 25.7. The number of amides is 4. The van der Waals surface area contributed by atoms with Crippen LogP contribution in [0.3, 0.4) is 0 Å². The molecule has 29 heteroatoms. The number of nitrogens with zero attached hydrogens (tertiary/aromatic N) is 9. The van der Waals surface area contributed by atoms with Gasteiger partial charge in [0.2, 0.25) is 11.8 Å². The van der Waals surface area contributed by atoms with Gasteiger partial charge in [0.05, 0.1) is 32.4 Å². The van der Waals surface area contributed by atoms with Crippen molar-refractivity contribution in [3.63, 3.8) is 0 Å². The summed E-state index contributed by atoms with van der Waals surface area (Å²) < 4.78 is 9.23. The molecule has 10 N–H and O–H groups in total. The number of nitrogens with one attached hydrogen (secondary N) is 4. The maximum Gasteiger partial charge on any atom is 0.326 e. The zero-order valence-electron chi connectivity index (χ0n) is 43.6. The van der Waals surface area contributed by atoms with Gasteiger partial charge in [-0.15, -0.1) is 5.10 Å². The molecule has 2 atom stereocenters. The second-order valence-electron chi connectivity index (χ2n) is 18.8. The molecule has 3 aromatic rings. The molecule has 4 rings (SSSR count). The summed E-state index contributed by atoms with van der Waals surface area (Å²) in [4.78, 5) is 118. The highest BCUT2D eigenvalue weighted by Gasteiger charge is 2.25. The molecule has 0 saturated carbocycles. The van der Waals surface area contributed by atoms with Crippen LogP contribution in [0, 0.1) is 0 Å². The smallest absolute Gasteiger partial charge is 0.326 e. The lowest BCUT2D eigenvalue weighted by Crippen LogP contribution is -2.51. The van der Waals surface area contributed by atoms with Gasteiger partial charge < -0.3 is 61.2 Å². The van der Waals surface area contributed by atoms with Gasteiger partial charge in [0.15, 0.2) is 0 Å². The van der Waals surface area contributed by atoms with Crippen molar-refractivity contribution in [1.29, 1.82) is 0 Å². The summed E-state index contributed by atoms with van der Waals surface area (Å²) in [6, 6.07) is 3.62. The molecule has 430 valence electrons. The number of aryl methyl sites for hydroxylation is 1. The van der Waals surface area contributed by atoms with Crippen LogP contribution in [0.2, 0.25) is 0 Å². The first-order chi connectivity index (χ1) is 37.3. The number of carbonyl (C=O) groups is 9. The lowest BCUT2D eigenvalue weighted by molar-refractivity contribution is -0.141. The van der Waals surface area contributed by atoms with Gasteiger partial charge >= 0.3 is 41.8 Å². The fourth-order valence-electron chi connectivity index (χ4n) is 8.31. The molecule has 29 nitrogen and oxygen atoms in total. The number of carboxylic acid groups (broad SMARTS) is 6. The van der Waals surface area contributed by atoms with E-state index in [-0.39, 0.29) is 70.4 Å². The normalized spacial score (nSPS) is 14.3. The van der Waals surface area contributed by atoms with Crippen molar-refractivity contribution in [1.82, 2.24) is 65.4 Å². The number of hydrogen-bond acceptors (Lipinski definition) is 17. The Hall–Kier alpha value is -7.76. The van der Waals surface area contributed by atoms with Gasteiger partial charge in [-0.25, -0.2) is 19.4 Å². The van der Waals surface area contributed by atoms with Crippen molar-refractivity contribution in [3.8, 4) is 5.75 Å². The van der Waals surface area contributed by atoms with Gasteiger partial charge in [-0.2, -0.15) is 0 Å². The molecule has 1 saturated heterocycles. The summed E-state index contributed by atoms with van der Waals surface area (Å²) in [5, 5.41) is 74.0. The Kier molecular flexibility index (Phi) is 27.4. The first kappa shape index (κ1) is 62.8. The van der Waals surface area contributed by atoms with Gasteiger partial charge in [-0.3, -0.25) is 53.0 Å². The Morgan fingerprint density at radius 2 is 1.21 bits per heavy atom. The Labute approximate surface area is 449 Å². The number of hydrogen-bond donors (Lipinski definition) is 10. The number of rotatable bonds is 37. The topological polar surface area (TPSA) is 394 Å². The number of carbonyl (C=O) groups excluding carboxylic acids is 3. The van der Waals surface area contributed by atoms with E-state index in [9.17, 15) is 68.7 Å². The molecular formula is C49H73N13O16. The molecular weight excluding hydrogens is 1030 g/mol. The number of imidazole rings is 1. The van der Waals surface area contributed by atoms with Crippen LogP contribution in [0.5, 0.6) is 5.75 Å². The predicted octanol–water partition coefficient (Wildman–Crippen LogP) is -0.347. The van der Waals surface area contributed by atoms with Crippen LogP contribution < -0.4 is 26.0 Å². The number of carboxylic acids is 6. The minimum absolute atomic E-state index is 0.00216. The third kappa shape index (κ3) is 25.9. The third-order valence-electron chi connectivity index (χ3n) is 12.4. The number of unbranched alkanes of at least 4 members (excludes halogenated alkanes) is 3. The lowest BCUT2D eigenvalue weighted by Gasteiger charge is -2.24. The Bertz CT molecular complexity index is 2390. The molecule has 1 aliphatic rings. The van der Waals surface area contributed by atoms with Crippen LogP contribution in [0.25, 0.3) is 0 Å². The quantitative estimate of drug-likeness (QED) is 0.0330. The standard InChI is InChI=1S/C49H73N13O16/c63-41(51-15-4-3-7-38(47(73)74)53-49(77)54-39(48(75)76)13-14-43(65)66)8-2-1-5-18-60(29-40-50-17-20-61(40)33-46(71)72)27-35-9-11-37(12-10-35)78-34-36-28-62(56-55-36)19-6-16-52-42(64)30-57-21-23-58(31-44(67)68)25-26-59(24-22-57)32-45(69)70/h9-12,17,20,28,38-39H,1-8,13-16,18-19,21-27,29-34H2,(H,51,63)(H,52,64)(H,65,66)(H,67,68)(H,69,70)(H,71,72)(H,73,74)(H,75,76)(H2,53,54,77). The zero-order chi connectivity index (χ0) is 56.8. The lowest BCUT2D eigenvalue weighted by atomic mass is 10.1. The van der Waals surface area contributed by atoms with E-state index < -0.39 is 60.4 Å². The van der Waals surface area contributed by atoms with Crippen molar-refractivity contribution in [2.75, 3.05) is 78.5 Å². The third-order valence-corrected chi connectivity index (χ3v) is 12.4. The molecule has 2 aromatic heterocycles. The van der Waals surface area contributed by atoms with Gasteiger partial charge in [-0.1, -0.05) is 23.8 Å². The highest BCUT2D eigenvalue weighted by atomic mass is 16.5. The highest BCUT2D eigenvalue weighted by Crippen LogP contribution is 2.18. The number of aliphatic carboxylic acids is 6. The van der Waals surface area contributed by atoms with Crippen LogP contribution in [-0.4, -0.2) is 219 Å². The molecule has 2 unspecified atom stereocenters. The summed E-state index contributed by atoms with van der Waals surface area (Å²) >= 11 is 0. The second-order valence-corrected chi connectivity index (χ2v) is 18.8. The predicted molar refractivity (Wildman–Crippen MR) is 274 cm³/mol. The van der Waals surface area contributed by atoms with Gasteiger partial charge in [-0.05, 0) is 69.2 Å². The summed E-state index contributed by atoms with van der Waals surface area (Å²) in [7, 11) is 0. The van der Waals surface area contributed by atoms with Gasteiger partial charge in [0, 0.05) is 90.7 Å². The number of benzene rings is 1. The molecule has 0 radical (unpaired) electrons. The Balaban J connectivity index is 1.16. The van der Waals surface area contributed by atoms with E-state index in [0.717, 1.165) is 12.0 Å². The number of urea groups is 1. The fourth-order valence-corrected chi connectivity index (χ4v) is 8.31. The van der Waals surface area contributed by atoms with Crippen molar-refractivity contribution in [2.24, 2.45) is 0 Å². The molecule has 0 bridgehead atoms. The van der Waals surface area contributed by atoms with Gasteiger partial charge in [0.25, 0.3) is 0 Å². The molecule has 0 aliphatic carbocycles. The maximum absolute atomic E-state index is 12.8. The van der Waals surface area contributed by atoms with Crippen molar-refractivity contribution >= 4 is 53.7 Å². The van der Waals surface area contributed by atoms with E-state index in [0.29, 0.717) is 121 Å². The van der Waals surface area contributed by atoms with E-state index in [1.807, 2.05) is 29.2 Å². The van der Waals surface area contributed by atoms with Gasteiger partial charge in [0.1, 0.15) is 42.5 Å². The largest absolute Gasteiger partial charge is 0.487 e. The summed E-state index contributed by atoms with van der Waals surface area (Å²) in [6.45, 7) is 4.87. The van der Waals surface area contributed by atoms with Crippen LogP contribution in [0.15, 0.2) is 42.9 Å². The summed E-state index contributed by atoms with van der Waals surface area (Å²) in [6.07, 6.45) is 7.63. The second kappa shape index (κ2) is 34.1. The van der Waals surface area contributed by atoms with Crippen LogP contribution >= 0.6 is 0 Å². The molecule has 3 heterocycles. The molecule has 1 fully saturated rings. The summed E-state index contributed by atoms with van der Waals surface area (Å²) in [5.41, 5.74) is 1.56. The minimum atomic E-state index is -1.52. The van der Waals surface area contributed by atoms with E-state index in [1.165, 1.54) is 0 Å². The van der Waals surface area contributed by atoms with E-state index in [1.54, 1.807) is 37.6 Å². The van der Waals surface area contributed by atoms with E-state index >= 15 is 0 Å². The van der Waals surface area contributed by atoms with Crippen LogP contribution in [-0.2, 0) is 71.1 Å².